The second kappa shape index (κ2) is 6.70. The first-order chi connectivity index (χ1) is 10.5. The Hall–Kier alpha value is -2.90. The van der Waals surface area contributed by atoms with E-state index in [9.17, 15) is 9.59 Å². The number of nitrogens with one attached hydrogen (secondary N) is 1. The molecule has 22 heavy (non-hydrogen) atoms. The number of carbonyl (C=O) groups is 2. The van der Waals surface area contributed by atoms with E-state index in [-0.39, 0.29) is 11.8 Å². The van der Waals surface area contributed by atoms with E-state index in [4.69, 9.17) is 0 Å². The Morgan fingerprint density at radius 3 is 2.77 bits per heavy atom. The van der Waals surface area contributed by atoms with Crippen LogP contribution in [-0.2, 0) is 18.3 Å². The molecule has 2 rings (SSSR count). The Kier molecular flexibility index (Phi) is 4.72. The van der Waals surface area contributed by atoms with Crippen molar-refractivity contribution in [2.24, 2.45) is 7.05 Å². The maximum Gasteiger partial charge on any atom is 0.338 e. The Bertz CT molecular complexity index is 683. The molecular weight excluding hydrogens is 286 g/mol. The van der Waals surface area contributed by atoms with Crippen molar-refractivity contribution in [1.82, 2.24) is 19.4 Å². The molecule has 0 spiro atoms. The summed E-state index contributed by atoms with van der Waals surface area (Å²) in [6.07, 6.45) is 4.91. The van der Waals surface area contributed by atoms with Crippen molar-refractivity contribution in [3.63, 3.8) is 0 Å². The van der Waals surface area contributed by atoms with Gasteiger partial charge in [-0.05, 0) is 12.1 Å². The zero-order valence-corrected chi connectivity index (χ0v) is 12.6. The van der Waals surface area contributed by atoms with Gasteiger partial charge in [0.15, 0.2) is 0 Å². The number of aromatic nitrogens is 3. The van der Waals surface area contributed by atoms with E-state index in [1.54, 1.807) is 13.2 Å². The molecule has 0 atom stereocenters. The number of imidazole rings is 1. The number of urea groups is 1. The van der Waals surface area contributed by atoms with Crippen molar-refractivity contribution in [3.8, 4) is 0 Å². The molecule has 0 unspecified atom stereocenters. The predicted octanol–water partition coefficient (Wildman–Crippen LogP) is 1.27. The number of aryl methyl sites for hydroxylation is 1. The monoisotopic (exact) mass is 303 g/mol. The van der Waals surface area contributed by atoms with Gasteiger partial charge in [-0.3, -0.25) is 5.32 Å². The first kappa shape index (κ1) is 15.5. The smallest absolute Gasteiger partial charge is 0.338 e. The highest BCUT2D eigenvalue weighted by Crippen LogP contribution is 2.09. The molecule has 2 heterocycles. The zero-order valence-electron chi connectivity index (χ0n) is 12.6. The predicted molar refractivity (Wildman–Crippen MR) is 79.3 cm³/mol. The molecule has 0 aromatic carbocycles. The maximum atomic E-state index is 12.1. The van der Waals surface area contributed by atoms with Crippen molar-refractivity contribution in [3.05, 3.63) is 42.1 Å². The van der Waals surface area contributed by atoms with Gasteiger partial charge >= 0.3 is 12.0 Å². The number of methoxy groups -OCH3 is 1. The van der Waals surface area contributed by atoms with Crippen LogP contribution in [0.5, 0.6) is 0 Å². The summed E-state index contributed by atoms with van der Waals surface area (Å²) in [5, 5.41) is 2.62. The van der Waals surface area contributed by atoms with Gasteiger partial charge in [-0.2, -0.15) is 0 Å². The van der Waals surface area contributed by atoms with Crippen molar-refractivity contribution in [1.29, 1.82) is 0 Å². The lowest BCUT2D eigenvalue weighted by atomic mass is 10.2. The Labute approximate surface area is 127 Å². The second-order valence-electron chi connectivity index (χ2n) is 4.66. The van der Waals surface area contributed by atoms with E-state index in [0.717, 1.165) is 5.82 Å². The zero-order chi connectivity index (χ0) is 16.1. The van der Waals surface area contributed by atoms with Crippen molar-refractivity contribution in [2.75, 3.05) is 19.5 Å². The van der Waals surface area contributed by atoms with Gasteiger partial charge in [-0.1, -0.05) is 0 Å². The highest BCUT2D eigenvalue weighted by atomic mass is 16.5. The molecule has 8 nitrogen and oxygen atoms in total. The van der Waals surface area contributed by atoms with Crippen LogP contribution in [0.25, 0.3) is 0 Å². The number of carbonyl (C=O) groups excluding carboxylic acids is 2. The summed E-state index contributed by atoms with van der Waals surface area (Å²) in [5.74, 6) is 0.549. The number of ether oxygens (including phenoxy) is 1. The summed E-state index contributed by atoms with van der Waals surface area (Å²) in [6.45, 7) is 0.353. The van der Waals surface area contributed by atoms with Crippen molar-refractivity contribution >= 4 is 17.8 Å². The molecule has 0 aliphatic carbocycles. The minimum atomic E-state index is -0.487. The van der Waals surface area contributed by atoms with Crippen LogP contribution in [0.3, 0.4) is 0 Å². The third-order valence-corrected chi connectivity index (χ3v) is 3.06. The van der Waals surface area contributed by atoms with E-state index in [1.807, 2.05) is 17.8 Å². The molecule has 0 saturated heterocycles. The summed E-state index contributed by atoms with van der Waals surface area (Å²) >= 11 is 0. The van der Waals surface area contributed by atoms with Crippen molar-refractivity contribution < 1.29 is 14.3 Å². The molecule has 2 amide bonds. The average molecular weight is 303 g/mol. The van der Waals surface area contributed by atoms with Gasteiger partial charge in [-0.25, -0.2) is 19.6 Å². The Morgan fingerprint density at radius 1 is 1.36 bits per heavy atom. The third kappa shape index (κ3) is 3.60. The fourth-order valence-corrected chi connectivity index (χ4v) is 1.78. The average Bonchev–Trinajstić information content (AvgIpc) is 2.91. The van der Waals surface area contributed by atoms with E-state index < -0.39 is 5.97 Å². The molecule has 1 N–H and O–H groups in total. The number of rotatable bonds is 4. The van der Waals surface area contributed by atoms with Crippen LogP contribution in [0.1, 0.15) is 16.2 Å². The molecule has 0 bridgehead atoms. The van der Waals surface area contributed by atoms with Gasteiger partial charge in [0.25, 0.3) is 0 Å². The van der Waals surface area contributed by atoms with Gasteiger partial charge < -0.3 is 14.2 Å². The Balaban J connectivity index is 2.02. The molecule has 0 radical (unpaired) electrons. The summed E-state index contributed by atoms with van der Waals surface area (Å²) < 4.78 is 6.46. The number of anilines is 1. The van der Waals surface area contributed by atoms with Gasteiger partial charge in [0.2, 0.25) is 0 Å². The first-order valence-electron chi connectivity index (χ1n) is 6.54. The molecule has 2 aromatic rings. The van der Waals surface area contributed by atoms with Gasteiger partial charge in [-0.15, -0.1) is 0 Å². The molecule has 0 aliphatic rings. The SMILES string of the molecule is COC(=O)c1ccnc(NC(=O)N(C)Cc2nccn2C)c1. The summed E-state index contributed by atoms with van der Waals surface area (Å²) in [7, 11) is 4.80. The lowest BCUT2D eigenvalue weighted by molar-refractivity contribution is 0.0600. The molecule has 116 valence electrons. The minimum absolute atomic E-state index is 0.277. The fraction of sp³-hybridized carbons (Fsp3) is 0.286. The number of pyridine rings is 1. The number of hydrogen-bond acceptors (Lipinski definition) is 5. The molecule has 0 aliphatic heterocycles. The maximum absolute atomic E-state index is 12.1. The summed E-state index contributed by atoms with van der Waals surface area (Å²) in [4.78, 5) is 33.2. The molecule has 8 heteroatoms. The number of esters is 1. The van der Waals surface area contributed by atoms with Crippen LogP contribution in [0.4, 0.5) is 10.6 Å². The van der Waals surface area contributed by atoms with Gasteiger partial charge in [0.1, 0.15) is 11.6 Å². The molecule has 0 fully saturated rings. The van der Waals surface area contributed by atoms with E-state index in [2.05, 4.69) is 20.0 Å². The van der Waals surface area contributed by atoms with Gasteiger partial charge in [0.05, 0.1) is 19.2 Å². The van der Waals surface area contributed by atoms with Crippen LogP contribution in [0.15, 0.2) is 30.7 Å². The molecule has 2 aromatic heterocycles. The molecular formula is C14H17N5O3. The van der Waals surface area contributed by atoms with E-state index in [1.165, 1.54) is 30.3 Å². The third-order valence-electron chi connectivity index (χ3n) is 3.06. The summed E-state index contributed by atoms with van der Waals surface area (Å²) in [6, 6.07) is 2.62. The number of hydrogen-bond donors (Lipinski definition) is 1. The largest absolute Gasteiger partial charge is 0.465 e. The summed E-state index contributed by atoms with van der Waals surface area (Å²) in [5.41, 5.74) is 0.319. The normalized spacial score (nSPS) is 10.1. The topological polar surface area (TPSA) is 89.3 Å². The second-order valence-corrected chi connectivity index (χ2v) is 4.66. The first-order valence-corrected chi connectivity index (χ1v) is 6.54. The van der Waals surface area contributed by atoms with Gasteiger partial charge in [0, 0.05) is 32.7 Å². The fourth-order valence-electron chi connectivity index (χ4n) is 1.78. The van der Waals surface area contributed by atoms with Crippen LogP contribution in [0, 0.1) is 0 Å². The quantitative estimate of drug-likeness (QED) is 0.859. The van der Waals surface area contributed by atoms with E-state index >= 15 is 0 Å². The van der Waals surface area contributed by atoms with Crippen LogP contribution >= 0.6 is 0 Å². The van der Waals surface area contributed by atoms with Crippen LogP contribution in [-0.4, -0.2) is 45.6 Å². The Morgan fingerprint density at radius 2 is 2.14 bits per heavy atom. The number of amides is 2. The lowest BCUT2D eigenvalue weighted by Crippen LogP contribution is -2.32. The number of nitrogens with zero attached hydrogens (tertiary/aromatic N) is 4. The van der Waals surface area contributed by atoms with Crippen LogP contribution in [0.2, 0.25) is 0 Å². The minimum Gasteiger partial charge on any atom is -0.465 e. The molecule has 0 saturated carbocycles. The lowest BCUT2D eigenvalue weighted by Gasteiger charge is -2.17. The highest BCUT2D eigenvalue weighted by molar-refractivity contribution is 5.92. The van der Waals surface area contributed by atoms with Crippen LogP contribution < -0.4 is 5.32 Å². The van der Waals surface area contributed by atoms with Crippen molar-refractivity contribution in [2.45, 2.75) is 6.54 Å². The highest BCUT2D eigenvalue weighted by Gasteiger charge is 2.13. The standard InChI is InChI=1S/C14H17N5O3/c1-18-7-6-16-12(18)9-19(2)14(21)17-11-8-10(4-5-15-11)13(20)22-3/h4-8H,9H2,1-3H3,(H,15,17,21). The van der Waals surface area contributed by atoms with E-state index in [0.29, 0.717) is 12.1 Å².